The summed E-state index contributed by atoms with van der Waals surface area (Å²) in [5.41, 5.74) is 0. The molecule has 0 aliphatic heterocycles. The minimum absolute atomic E-state index is 0.335. The molecule has 3 aromatic heterocycles. The monoisotopic (exact) mass is 284 g/mol. The fourth-order valence-electron chi connectivity index (χ4n) is 2.44. The first-order valence-electron chi connectivity index (χ1n) is 7.37. The molecule has 0 bridgehead atoms. The van der Waals surface area contributed by atoms with Crippen LogP contribution in [-0.4, -0.2) is 19.3 Å². The highest BCUT2D eigenvalue weighted by Crippen LogP contribution is 2.25. The summed E-state index contributed by atoms with van der Waals surface area (Å²) in [6.07, 6.45) is 9.52. The van der Waals surface area contributed by atoms with Gasteiger partial charge in [-0.2, -0.15) is 5.10 Å². The van der Waals surface area contributed by atoms with Crippen molar-refractivity contribution in [3.05, 3.63) is 48.7 Å². The molecule has 5 nitrogen and oxygen atoms in total. The van der Waals surface area contributed by atoms with E-state index in [2.05, 4.69) is 28.5 Å². The van der Waals surface area contributed by atoms with Crippen LogP contribution in [0.4, 0.5) is 0 Å². The summed E-state index contributed by atoms with van der Waals surface area (Å²) < 4.78 is 9.94. The van der Waals surface area contributed by atoms with Gasteiger partial charge in [0.25, 0.3) is 0 Å². The summed E-state index contributed by atoms with van der Waals surface area (Å²) in [7, 11) is 0. The molecular formula is C16H20N4O. The van der Waals surface area contributed by atoms with E-state index < -0.39 is 0 Å². The largest absolute Gasteiger partial charge is 0.458 e. The van der Waals surface area contributed by atoms with Crippen molar-refractivity contribution in [1.82, 2.24) is 19.3 Å². The van der Waals surface area contributed by atoms with Crippen LogP contribution < -0.4 is 0 Å². The molecule has 5 heteroatoms. The van der Waals surface area contributed by atoms with Crippen LogP contribution in [0.3, 0.4) is 0 Å². The lowest BCUT2D eigenvalue weighted by atomic mass is 10.2. The molecule has 0 radical (unpaired) electrons. The average molecular weight is 284 g/mol. The van der Waals surface area contributed by atoms with E-state index in [0.717, 1.165) is 36.7 Å². The Hall–Kier alpha value is -2.30. The zero-order chi connectivity index (χ0) is 14.7. The van der Waals surface area contributed by atoms with E-state index in [0.29, 0.717) is 6.04 Å². The molecule has 0 aliphatic rings. The van der Waals surface area contributed by atoms with E-state index in [1.165, 1.54) is 0 Å². The van der Waals surface area contributed by atoms with Crippen molar-refractivity contribution in [2.75, 3.05) is 0 Å². The van der Waals surface area contributed by atoms with Crippen molar-refractivity contribution in [1.29, 1.82) is 0 Å². The molecular weight excluding hydrogens is 264 g/mol. The van der Waals surface area contributed by atoms with Crippen LogP contribution in [0.1, 0.15) is 32.1 Å². The zero-order valence-electron chi connectivity index (χ0n) is 12.4. The zero-order valence-corrected chi connectivity index (χ0v) is 12.4. The van der Waals surface area contributed by atoms with Gasteiger partial charge in [-0.1, -0.05) is 6.92 Å². The maximum absolute atomic E-state index is 5.82. The third-order valence-electron chi connectivity index (χ3n) is 3.71. The number of imidazole rings is 1. The minimum atomic E-state index is 0.335. The van der Waals surface area contributed by atoms with Gasteiger partial charge in [0, 0.05) is 43.8 Å². The maximum Gasteiger partial charge on any atom is 0.176 e. The van der Waals surface area contributed by atoms with Gasteiger partial charge in [-0.3, -0.25) is 4.68 Å². The van der Waals surface area contributed by atoms with Crippen molar-refractivity contribution in [2.45, 2.75) is 39.3 Å². The minimum Gasteiger partial charge on any atom is -0.458 e. The highest BCUT2D eigenvalue weighted by molar-refractivity contribution is 5.48. The first kappa shape index (κ1) is 13.7. The molecule has 0 fully saturated rings. The Morgan fingerprint density at radius 1 is 1.24 bits per heavy atom. The molecule has 0 aromatic carbocycles. The fraction of sp³-hybridized carbons (Fsp3) is 0.375. The van der Waals surface area contributed by atoms with Gasteiger partial charge in [-0.05, 0) is 31.5 Å². The van der Waals surface area contributed by atoms with Crippen LogP contribution in [0.15, 0.2) is 47.4 Å². The summed E-state index contributed by atoms with van der Waals surface area (Å²) in [5, 5.41) is 4.24. The van der Waals surface area contributed by atoms with Gasteiger partial charge >= 0.3 is 0 Å². The molecule has 1 atom stereocenters. The van der Waals surface area contributed by atoms with Gasteiger partial charge in [0.15, 0.2) is 11.6 Å². The first-order chi connectivity index (χ1) is 10.3. The van der Waals surface area contributed by atoms with Crippen molar-refractivity contribution in [2.24, 2.45) is 0 Å². The Morgan fingerprint density at radius 3 is 2.86 bits per heavy atom. The topological polar surface area (TPSA) is 48.8 Å². The van der Waals surface area contributed by atoms with E-state index in [1.807, 2.05) is 47.7 Å². The fourth-order valence-corrected chi connectivity index (χ4v) is 2.44. The Morgan fingerprint density at radius 2 is 2.14 bits per heavy atom. The standard InChI is InChI=1S/C16H20N4O/c1-3-14-5-6-15(21-14)16-17-9-12-20(16)13(2)7-11-19-10-4-8-18-19/h4-6,8-10,12-13H,3,7,11H2,1-2H3/t13-/m0/s1. The summed E-state index contributed by atoms with van der Waals surface area (Å²) >= 11 is 0. The summed E-state index contributed by atoms with van der Waals surface area (Å²) in [5.74, 6) is 2.72. The predicted octanol–water partition coefficient (Wildman–Crippen LogP) is 3.55. The first-order valence-corrected chi connectivity index (χ1v) is 7.37. The third-order valence-corrected chi connectivity index (χ3v) is 3.71. The van der Waals surface area contributed by atoms with Crippen molar-refractivity contribution in [3.8, 4) is 11.6 Å². The van der Waals surface area contributed by atoms with Gasteiger partial charge in [0.1, 0.15) is 5.76 Å². The number of rotatable bonds is 6. The second-order valence-electron chi connectivity index (χ2n) is 5.18. The van der Waals surface area contributed by atoms with Crippen LogP contribution in [0, 0.1) is 0 Å². The Labute approximate surface area is 124 Å². The highest BCUT2D eigenvalue weighted by Gasteiger charge is 2.14. The average Bonchev–Trinajstić information content (AvgIpc) is 3.23. The van der Waals surface area contributed by atoms with E-state index in [-0.39, 0.29) is 0 Å². The second-order valence-corrected chi connectivity index (χ2v) is 5.18. The third kappa shape index (κ3) is 2.91. The Kier molecular flexibility index (Phi) is 3.90. The number of furan rings is 1. The molecule has 21 heavy (non-hydrogen) atoms. The molecule has 0 aliphatic carbocycles. The normalized spacial score (nSPS) is 12.7. The molecule has 0 amide bonds. The van der Waals surface area contributed by atoms with Gasteiger partial charge < -0.3 is 8.98 Å². The highest BCUT2D eigenvalue weighted by atomic mass is 16.3. The lowest BCUT2D eigenvalue weighted by Gasteiger charge is -2.15. The lowest BCUT2D eigenvalue weighted by molar-refractivity contribution is 0.443. The van der Waals surface area contributed by atoms with Gasteiger partial charge in [0.2, 0.25) is 0 Å². The number of hydrogen-bond donors (Lipinski definition) is 0. The number of aryl methyl sites for hydroxylation is 2. The van der Waals surface area contributed by atoms with Crippen molar-refractivity contribution in [3.63, 3.8) is 0 Å². The number of aromatic nitrogens is 4. The molecule has 110 valence electrons. The van der Waals surface area contributed by atoms with E-state index in [1.54, 1.807) is 0 Å². The van der Waals surface area contributed by atoms with E-state index in [9.17, 15) is 0 Å². The maximum atomic E-state index is 5.82. The quantitative estimate of drug-likeness (QED) is 0.695. The van der Waals surface area contributed by atoms with Crippen LogP contribution in [0.2, 0.25) is 0 Å². The van der Waals surface area contributed by atoms with E-state index in [4.69, 9.17) is 4.42 Å². The van der Waals surface area contributed by atoms with Crippen molar-refractivity contribution < 1.29 is 4.42 Å². The van der Waals surface area contributed by atoms with Crippen LogP contribution in [0.5, 0.6) is 0 Å². The SMILES string of the molecule is CCc1ccc(-c2nccn2[C@@H](C)CCn2cccn2)o1. The summed E-state index contributed by atoms with van der Waals surface area (Å²) in [6.45, 7) is 5.17. The van der Waals surface area contributed by atoms with Crippen LogP contribution >= 0.6 is 0 Å². The smallest absolute Gasteiger partial charge is 0.176 e. The van der Waals surface area contributed by atoms with Gasteiger partial charge in [-0.15, -0.1) is 0 Å². The van der Waals surface area contributed by atoms with Gasteiger partial charge in [0.05, 0.1) is 0 Å². The molecule has 3 aromatic rings. The molecule has 0 N–H and O–H groups in total. The molecule has 3 rings (SSSR count). The van der Waals surface area contributed by atoms with E-state index >= 15 is 0 Å². The van der Waals surface area contributed by atoms with Crippen LogP contribution in [0.25, 0.3) is 11.6 Å². The summed E-state index contributed by atoms with van der Waals surface area (Å²) in [6, 6.07) is 6.30. The van der Waals surface area contributed by atoms with Crippen molar-refractivity contribution >= 4 is 0 Å². The Balaban J connectivity index is 1.74. The molecule has 0 spiro atoms. The lowest BCUT2D eigenvalue weighted by Crippen LogP contribution is -2.10. The molecule has 0 unspecified atom stereocenters. The van der Waals surface area contributed by atoms with Crippen LogP contribution in [-0.2, 0) is 13.0 Å². The number of hydrogen-bond acceptors (Lipinski definition) is 3. The predicted molar refractivity (Wildman–Crippen MR) is 80.9 cm³/mol. The molecule has 3 heterocycles. The Bertz CT molecular complexity index is 681. The van der Waals surface area contributed by atoms with Gasteiger partial charge in [-0.25, -0.2) is 4.98 Å². The molecule has 0 saturated carbocycles. The summed E-state index contributed by atoms with van der Waals surface area (Å²) in [4.78, 5) is 4.45. The molecule has 0 saturated heterocycles. The second kappa shape index (κ2) is 5.99. The number of nitrogens with zero attached hydrogens (tertiary/aromatic N) is 4.